The molecule has 1 heterocycles. The summed E-state index contributed by atoms with van der Waals surface area (Å²) >= 11 is 1.93. The van der Waals surface area contributed by atoms with E-state index in [0.29, 0.717) is 17.2 Å². The van der Waals surface area contributed by atoms with Gasteiger partial charge < -0.3 is 14.8 Å². The second kappa shape index (κ2) is 8.96. The highest BCUT2D eigenvalue weighted by atomic mass is 32.2. The van der Waals surface area contributed by atoms with E-state index in [-0.39, 0.29) is 11.9 Å². The van der Waals surface area contributed by atoms with Crippen molar-refractivity contribution < 1.29 is 14.3 Å². The lowest BCUT2D eigenvalue weighted by Gasteiger charge is -2.33. The molecule has 2 aromatic rings. The van der Waals surface area contributed by atoms with Crippen LogP contribution in [0.15, 0.2) is 48.5 Å². The van der Waals surface area contributed by atoms with E-state index >= 15 is 0 Å². The van der Waals surface area contributed by atoms with Crippen molar-refractivity contribution >= 4 is 23.4 Å². The van der Waals surface area contributed by atoms with E-state index in [0.717, 1.165) is 30.2 Å². The maximum atomic E-state index is 13.1. The van der Waals surface area contributed by atoms with Crippen molar-refractivity contribution in [1.29, 1.82) is 0 Å². The Morgan fingerprint density at radius 1 is 1.04 bits per heavy atom. The van der Waals surface area contributed by atoms with Crippen LogP contribution in [0, 0.1) is 0 Å². The first-order chi connectivity index (χ1) is 12.7. The lowest BCUT2D eigenvalue weighted by Crippen LogP contribution is -2.41. The fraction of sp³-hybridized carbons (Fsp3) is 0.350. The topological polar surface area (TPSA) is 50.8 Å². The van der Waals surface area contributed by atoms with Crippen LogP contribution in [0.25, 0.3) is 0 Å². The third kappa shape index (κ3) is 4.31. The molecule has 1 N–H and O–H groups in total. The third-order valence-corrected chi connectivity index (χ3v) is 5.37. The zero-order valence-corrected chi connectivity index (χ0v) is 15.9. The van der Waals surface area contributed by atoms with Crippen molar-refractivity contribution in [2.45, 2.75) is 6.04 Å². The van der Waals surface area contributed by atoms with Crippen molar-refractivity contribution in [2.75, 3.05) is 44.1 Å². The minimum absolute atomic E-state index is 0.0321. The summed E-state index contributed by atoms with van der Waals surface area (Å²) in [5, 5.41) is 3.04. The molecule has 0 bridgehead atoms. The number of benzene rings is 2. The molecule has 1 aliphatic heterocycles. The van der Waals surface area contributed by atoms with Crippen molar-refractivity contribution in [3.8, 4) is 11.5 Å². The first kappa shape index (κ1) is 18.6. The Morgan fingerprint density at radius 2 is 1.73 bits per heavy atom. The van der Waals surface area contributed by atoms with Gasteiger partial charge in [0, 0.05) is 36.3 Å². The highest BCUT2D eigenvalue weighted by Crippen LogP contribution is 2.31. The monoisotopic (exact) mass is 372 g/mol. The SMILES string of the molecule is COc1ccc(NC(=O)C(c2ccccc2)N2CCSCC2)cc1OC. The van der Waals surface area contributed by atoms with Gasteiger partial charge in [-0.1, -0.05) is 30.3 Å². The quantitative estimate of drug-likeness (QED) is 0.842. The molecule has 0 saturated carbocycles. The van der Waals surface area contributed by atoms with Crippen LogP contribution >= 0.6 is 11.8 Å². The Balaban J connectivity index is 1.83. The van der Waals surface area contributed by atoms with Crippen LogP contribution in [-0.4, -0.2) is 49.6 Å². The van der Waals surface area contributed by atoms with Gasteiger partial charge in [0.25, 0.3) is 0 Å². The van der Waals surface area contributed by atoms with Gasteiger partial charge in [-0.3, -0.25) is 9.69 Å². The molecule has 1 atom stereocenters. The van der Waals surface area contributed by atoms with Gasteiger partial charge >= 0.3 is 0 Å². The van der Waals surface area contributed by atoms with E-state index in [1.165, 1.54) is 0 Å². The predicted octanol–water partition coefficient (Wildman–Crippen LogP) is 3.43. The van der Waals surface area contributed by atoms with Crippen LogP contribution in [0.3, 0.4) is 0 Å². The molecule has 0 aromatic heterocycles. The number of carbonyl (C=O) groups is 1. The summed E-state index contributed by atoms with van der Waals surface area (Å²) < 4.78 is 10.6. The third-order valence-electron chi connectivity index (χ3n) is 4.43. The highest BCUT2D eigenvalue weighted by Gasteiger charge is 2.29. The lowest BCUT2D eigenvalue weighted by molar-refractivity contribution is -0.121. The zero-order chi connectivity index (χ0) is 18.4. The maximum absolute atomic E-state index is 13.1. The maximum Gasteiger partial charge on any atom is 0.246 e. The smallest absolute Gasteiger partial charge is 0.246 e. The van der Waals surface area contributed by atoms with Crippen molar-refractivity contribution in [2.24, 2.45) is 0 Å². The molecule has 0 spiro atoms. The van der Waals surface area contributed by atoms with Gasteiger partial charge in [0.1, 0.15) is 6.04 Å². The number of ether oxygens (including phenoxy) is 2. The van der Waals surface area contributed by atoms with E-state index in [9.17, 15) is 4.79 Å². The number of methoxy groups -OCH3 is 2. The summed E-state index contributed by atoms with van der Waals surface area (Å²) in [6.45, 7) is 1.81. The lowest BCUT2D eigenvalue weighted by atomic mass is 10.0. The Morgan fingerprint density at radius 3 is 2.38 bits per heavy atom. The summed E-state index contributed by atoms with van der Waals surface area (Å²) in [6, 6.07) is 15.1. The first-order valence-corrected chi connectivity index (χ1v) is 9.78. The number of hydrogen-bond donors (Lipinski definition) is 1. The number of rotatable bonds is 6. The molecule has 2 aromatic carbocycles. The van der Waals surface area contributed by atoms with Crippen LogP contribution in [0.5, 0.6) is 11.5 Å². The molecule has 1 saturated heterocycles. The van der Waals surface area contributed by atoms with E-state index in [1.807, 2.05) is 48.2 Å². The average Bonchev–Trinajstić information content (AvgIpc) is 2.69. The molecule has 0 aliphatic carbocycles. The number of carbonyl (C=O) groups excluding carboxylic acids is 1. The van der Waals surface area contributed by atoms with Gasteiger partial charge in [-0.05, 0) is 17.7 Å². The van der Waals surface area contributed by atoms with Gasteiger partial charge in [0.15, 0.2) is 11.5 Å². The molecule has 6 heteroatoms. The van der Waals surface area contributed by atoms with Gasteiger partial charge in [0.05, 0.1) is 14.2 Å². The van der Waals surface area contributed by atoms with Gasteiger partial charge in [0.2, 0.25) is 5.91 Å². The number of hydrogen-bond acceptors (Lipinski definition) is 5. The summed E-state index contributed by atoms with van der Waals surface area (Å²) in [5.41, 5.74) is 1.71. The second-order valence-electron chi connectivity index (χ2n) is 6.02. The van der Waals surface area contributed by atoms with Crippen molar-refractivity contribution in [3.63, 3.8) is 0 Å². The minimum Gasteiger partial charge on any atom is -0.493 e. The molecular formula is C20H24N2O3S. The van der Waals surface area contributed by atoms with E-state index in [1.54, 1.807) is 26.4 Å². The molecule has 0 radical (unpaired) electrons. The van der Waals surface area contributed by atoms with Crippen LogP contribution in [-0.2, 0) is 4.79 Å². The molecule has 1 fully saturated rings. The molecule has 1 amide bonds. The Kier molecular flexibility index (Phi) is 6.41. The molecule has 138 valence electrons. The van der Waals surface area contributed by atoms with Gasteiger partial charge in [-0.2, -0.15) is 11.8 Å². The number of nitrogens with zero attached hydrogens (tertiary/aromatic N) is 1. The highest BCUT2D eigenvalue weighted by molar-refractivity contribution is 7.99. The van der Waals surface area contributed by atoms with Gasteiger partial charge in [-0.15, -0.1) is 0 Å². The average molecular weight is 372 g/mol. The van der Waals surface area contributed by atoms with E-state index in [4.69, 9.17) is 9.47 Å². The summed E-state index contributed by atoms with van der Waals surface area (Å²) in [4.78, 5) is 15.4. The second-order valence-corrected chi connectivity index (χ2v) is 7.25. The number of thioether (sulfide) groups is 1. The predicted molar refractivity (Wildman–Crippen MR) is 106 cm³/mol. The zero-order valence-electron chi connectivity index (χ0n) is 15.1. The van der Waals surface area contributed by atoms with E-state index < -0.39 is 0 Å². The number of nitrogens with one attached hydrogen (secondary N) is 1. The number of amides is 1. The Labute approximate surface area is 158 Å². The number of anilines is 1. The molecule has 5 nitrogen and oxygen atoms in total. The van der Waals surface area contributed by atoms with Crippen LogP contribution in [0.4, 0.5) is 5.69 Å². The largest absolute Gasteiger partial charge is 0.493 e. The summed E-state index contributed by atoms with van der Waals surface area (Å²) in [7, 11) is 3.18. The minimum atomic E-state index is -0.301. The molecule has 26 heavy (non-hydrogen) atoms. The molecule has 1 unspecified atom stereocenters. The summed E-state index contributed by atoms with van der Waals surface area (Å²) in [6.07, 6.45) is 0. The Bertz CT molecular complexity index is 733. The normalized spacial score (nSPS) is 15.9. The van der Waals surface area contributed by atoms with Crippen molar-refractivity contribution in [3.05, 3.63) is 54.1 Å². The Hall–Kier alpha value is -2.18. The molecular weight excluding hydrogens is 348 g/mol. The van der Waals surface area contributed by atoms with Gasteiger partial charge in [-0.25, -0.2) is 0 Å². The fourth-order valence-corrected chi connectivity index (χ4v) is 4.05. The van der Waals surface area contributed by atoms with Crippen LogP contribution < -0.4 is 14.8 Å². The summed E-state index contributed by atoms with van der Waals surface area (Å²) in [5.74, 6) is 3.30. The standard InChI is InChI=1S/C20H24N2O3S/c1-24-17-9-8-16(14-18(17)25-2)21-20(23)19(15-6-4-3-5-7-15)22-10-12-26-13-11-22/h3-9,14,19H,10-13H2,1-2H3,(H,21,23). The van der Waals surface area contributed by atoms with Crippen LogP contribution in [0.1, 0.15) is 11.6 Å². The fourth-order valence-electron chi connectivity index (χ4n) is 3.12. The first-order valence-electron chi connectivity index (χ1n) is 8.62. The van der Waals surface area contributed by atoms with E-state index in [2.05, 4.69) is 10.2 Å². The van der Waals surface area contributed by atoms with Crippen LogP contribution in [0.2, 0.25) is 0 Å². The molecule has 3 rings (SSSR count). The molecule has 1 aliphatic rings. The van der Waals surface area contributed by atoms with Crippen molar-refractivity contribution in [1.82, 2.24) is 4.90 Å².